The maximum atomic E-state index is 11.5. The summed E-state index contributed by atoms with van der Waals surface area (Å²) < 4.78 is 0. The molecule has 0 saturated carbocycles. The van der Waals surface area contributed by atoms with Crippen LogP contribution in [0.5, 0.6) is 0 Å². The fourth-order valence-electron chi connectivity index (χ4n) is 0.941. The number of nitrogens with one attached hydrogen (secondary N) is 1. The van der Waals surface area contributed by atoms with E-state index in [4.69, 9.17) is 11.5 Å². The van der Waals surface area contributed by atoms with Crippen molar-refractivity contribution in [3.05, 3.63) is 23.9 Å². The molecule has 0 fully saturated rings. The summed E-state index contributed by atoms with van der Waals surface area (Å²) in [6.07, 6.45) is 1.42. The number of amides is 2. The van der Waals surface area contributed by atoms with E-state index in [0.717, 1.165) is 0 Å². The van der Waals surface area contributed by atoms with Crippen LogP contribution in [0.15, 0.2) is 18.3 Å². The Labute approximate surface area is 86.7 Å². The lowest BCUT2D eigenvalue weighted by Gasteiger charge is -2.09. The van der Waals surface area contributed by atoms with Gasteiger partial charge in [0.15, 0.2) is 0 Å². The second kappa shape index (κ2) is 4.41. The molecule has 0 aliphatic carbocycles. The molecule has 0 bridgehead atoms. The molecule has 1 aromatic heterocycles. The topological polar surface area (TPSA) is 111 Å². The molecule has 1 unspecified atom stereocenters. The fourth-order valence-corrected chi connectivity index (χ4v) is 0.941. The molecule has 2 amide bonds. The van der Waals surface area contributed by atoms with Gasteiger partial charge in [-0.3, -0.25) is 9.59 Å². The van der Waals surface area contributed by atoms with Crippen molar-refractivity contribution in [1.82, 2.24) is 10.3 Å². The molecule has 5 N–H and O–H groups in total. The molecular formula is C9H12N4O2. The van der Waals surface area contributed by atoms with Crippen molar-refractivity contribution in [3.8, 4) is 0 Å². The van der Waals surface area contributed by atoms with Crippen LogP contribution in [0.1, 0.15) is 17.3 Å². The Morgan fingerprint density at radius 1 is 1.53 bits per heavy atom. The summed E-state index contributed by atoms with van der Waals surface area (Å²) in [7, 11) is 0. The number of nitrogen functional groups attached to an aromatic ring is 1. The largest absolute Gasteiger partial charge is 0.384 e. The van der Waals surface area contributed by atoms with Gasteiger partial charge in [0, 0.05) is 11.8 Å². The highest BCUT2D eigenvalue weighted by Gasteiger charge is 2.13. The van der Waals surface area contributed by atoms with Crippen LogP contribution in [-0.4, -0.2) is 22.8 Å². The molecule has 80 valence electrons. The summed E-state index contributed by atoms with van der Waals surface area (Å²) in [6.45, 7) is 1.50. The molecule has 0 saturated heterocycles. The van der Waals surface area contributed by atoms with Crippen LogP contribution in [-0.2, 0) is 4.79 Å². The van der Waals surface area contributed by atoms with Crippen LogP contribution < -0.4 is 16.8 Å². The SMILES string of the molecule is CC(NC(=O)c1ccnc(N)c1)C(N)=O. The van der Waals surface area contributed by atoms with Crippen LogP contribution >= 0.6 is 0 Å². The van der Waals surface area contributed by atoms with Crippen LogP contribution in [0.25, 0.3) is 0 Å². The molecule has 0 radical (unpaired) electrons. The molecule has 0 aromatic carbocycles. The molecule has 0 aliphatic heterocycles. The van der Waals surface area contributed by atoms with Gasteiger partial charge in [0.1, 0.15) is 11.9 Å². The van der Waals surface area contributed by atoms with E-state index in [1.54, 1.807) is 0 Å². The molecule has 1 rings (SSSR count). The third-order valence-electron chi connectivity index (χ3n) is 1.82. The van der Waals surface area contributed by atoms with Gasteiger partial charge in [-0.25, -0.2) is 4.98 Å². The van der Waals surface area contributed by atoms with E-state index >= 15 is 0 Å². The Morgan fingerprint density at radius 2 is 2.20 bits per heavy atom. The number of carbonyl (C=O) groups is 2. The van der Waals surface area contributed by atoms with Gasteiger partial charge in [-0.2, -0.15) is 0 Å². The predicted octanol–water partition coefficient (Wildman–Crippen LogP) is -0.733. The molecule has 1 atom stereocenters. The van der Waals surface area contributed by atoms with Gasteiger partial charge in [0.2, 0.25) is 5.91 Å². The molecule has 6 nitrogen and oxygen atoms in total. The molecule has 1 heterocycles. The highest BCUT2D eigenvalue weighted by Crippen LogP contribution is 2.02. The number of carbonyl (C=O) groups excluding carboxylic acids is 2. The monoisotopic (exact) mass is 208 g/mol. The quantitative estimate of drug-likeness (QED) is 0.607. The second-order valence-corrected chi connectivity index (χ2v) is 3.07. The Hall–Kier alpha value is -2.11. The first-order chi connectivity index (χ1) is 7.00. The Balaban J connectivity index is 2.73. The molecule has 0 aliphatic rings. The van der Waals surface area contributed by atoms with Crippen molar-refractivity contribution in [1.29, 1.82) is 0 Å². The zero-order chi connectivity index (χ0) is 11.4. The van der Waals surface area contributed by atoms with E-state index in [2.05, 4.69) is 10.3 Å². The maximum absolute atomic E-state index is 11.5. The normalized spacial score (nSPS) is 11.8. The predicted molar refractivity (Wildman–Crippen MR) is 54.8 cm³/mol. The third kappa shape index (κ3) is 2.94. The van der Waals surface area contributed by atoms with Gasteiger partial charge in [-0.15, -0.1) is 0 Å². The Bertz CT molecular complexity index is 391. The highest BCUT2D eigenvalue weighted by atomic mass is 16.2. The highest BCUT2D eigenvalue weighted by molar-refractivity contribution is 5.97. The summed E-state index contributed by atoms with van der Waals surface area (Å²) in [5.41, 5.74) is 10.7. The Morgan fingerprint density at radius 3 is 2.73 bits per heavy atom. The van der Waals surface area contributed by atoms with Crippen molar-refractivity contribution < 1.29 is 9.59 Å². The first-order valence-electron chi connectivity index (χ1n) is 4.32. The first-order valence-corrected chi connectivity index (χ1v) is 4.32. The Kier molecular flexibility index (Phi) is 3.22. The minimum Gasteiger partial charge on any atom is -0.384 e. The molecular weight excluding hydrogens is 196 g/mol. The first kappa shape index (κ1) is 11.0. The molecule has 0 spiro atoms. The average Bonchev–Trinajstić information content (AvgIpc) is 2.17. The van der Waals surface area contributed by atoms with E-state index in [-0.39, 0.29) is 5.82 Å². The number of primary amides is 1. The number of nitrogens with two attached hydrogens (primary N) is 2. The van der Waals surface area contributed by atoms with E-state index in [9.17, 15) is 9.59 Å². The van der Waals surface area contributed by atoms with E-state index in [1.165, 1.54) is 25.3 Å². The van der Waals surface area contributed by atoms with Crippen molar-refractivity contribution in [2.45, 2.75) is 13.0 Å². The van der Waals surface area contributed by atoms with Crippen LogP contribution in [0, 0.1) is 0 Å². The van der Waals surface area contributed by atoms with Crippen molar-refractivity contribution in [2.24, 2.45) is 5.73 Å². The third-order valence-corrected chi connectivity index (χ3v) is 1.82. The number of hydrogen-bond acceptors (Lipinski definition) is 4. The summed E-state index contributed by atoms with van der Waals surface area (Å²) >= 11 is 0. The van der Waals surface area contributed by atoms with Crippen LogP contribution in [0.4, 0.5) is 5.82 Å². The van der Waals surface area contributed by atoms with E-state index < -0.39 is 17.9 Å². The summed E-state index contributed by atoms with van der Waals surface area (Å²) in [4.78, 5) is 26.0. The smallest absolute Gasteiger partial charge is 0.252 e. The number of aromatic nitrogens is 1. The van der Waals surface area contributed by atoms with Gasteiger partial charge in [0.25, 0.3) is 5.91 Å². The van der Waals surface area contributed by atoms with E-state index in [0.29, 0.717) is 5.56 Å². The van der Waals surface area contributed by atoms with Crippen molar-refractivity contribution in [3.63, 3.8) is 0 Å². The number of pyridine rings is 1. The second-order valence-electron chi connectivity index (χ2n) is 3.07. The standard InChI is InChI=1S/C9H12N4O2/c1-5(8(11)14)13-9(15)6-2-3-12-7(10)4-6/h2-5H,1H3,(H2,10,12)(H2,11,14)(H,13,15). The number of nitrogens with zero attached hydrogens (tertiary/aromatic N) is 1. The average molecular weight is 208 g/mol. The summed E-state index contributed by atoms with van der Waals surface area (Å²) in [5, 5.41) is 2.43. The minimum absolute atomic E-state index is 0.245. The lowest BCUT2D eigenvalue weighted by molar-refractivity contribution is -0.119. The minimum atomic E-state index is -0.716. The fraction of sp³-hybridized carbons (Fsp3) is 0.222. The molecule has 15 heavy (non-hydrogen) atoms. The summed E-state index contributed by atoms with van der Waals surface area (Å²) in [5.74, 6) is -0.754. The van der Waals surface area contributed by atoms with Crippen molar-refractivity contribution >= 4 is 17.6 Å². The van der Waals surface area contributed by atoms with E-state index in [1.807, 2.05) is 0 Å². The summed E-state index contributed by atoms with van der Waals surface area (Å²) in [6, 6.07) is 2.20. The van der Waals surface area contributed by atoms with Gasteiger partial charge < -0.3 is 16.8 Å². The zero-order valence-electron chi connectivity index (χ0n) is 8.23. The van der Waals surface area contributed by atoms with Gasteiger partial charge >= 0.3 is 0 Å². The van der Waals surface area contributed by atoms with Crippen LogP contribution in [0.2, 0.25) is 0 Å². The van der Waals surface area contributed by atoms with Gasteiger partial charge in [-0.1, -0.05) is 0 Å². The van der Waals surface area contributed by atoms with Crippen LogP contribution in [0.3, 0.4) is 0 Å². The lowest BCUT2D eigenvalue weighted by atomic mass is 10.2. The molecule has 6 heteroatoms. The number of rotatable bonds is 3. The molecule has 1 aromatic rings. The van der Waals surface area contributed by atoms with Crippen molar-refractivity contribution in [2.75, 3.05) is 5.73 Å². The van der Waals surface area contributed by atoms with Gasteiger partial charge in [0.05, 0.1) is 0 Å². The lowest BCUT2D eigenvalue weighted by Crippen LogP contribution is -2.42. The number of anilines is 1. The number of hydrogen-bond donors (Lipinski definition) is 3. The zero-order valence-corrected chi connectivity index (χ0v) is 8.23. The maximum Gasteiger partial charge on any atom is 0.252 e. The van der Waals surface area contributed by atoms with Gasteiger partial charge in [-0.05, 0) is 19.1 Å².